The fourth-order valence-electron chi connectivity index (χ4n) is 3.86. The second-order valence-electron chi connectivity index (χ2n) is 9.48. The Kier molecular flexibility index (Phi) is 11.3. The average Bonchev–Trinajstić information content (AvgIpc) is 2.95. The van der Waals surface area contributed by atoms with E-state index in [1.165, 1.54) is 37.4 Å². The number of carbonyl (C=O) groups excluding carboxylic acids is 2. The highest BCUT2D eigenvalue weighted by molar-refractivity contribution is 7.92. The van der Waals surface area contributed by atoms with Crippen molar-refractivity contribution >= 4 is 50.7 Å². The van der Waals surface area contributed by atoms with Crippen LogP contribution in [0, 0.1) is 0 Å². The second kappa shape index (κ2) is 14.6. The van der Waals surface area contributed by atoms with Crippen molar-refractivity contribution in [1.82, 2.24) is 20.8 Å². The van der Waals surface area contributed by atoms with Crippen LogP contribution in [0.4, 0.5) is 42.0 Å². The molecule has 5 N–H and O–H groups in total. The molecule has 43 heavy (non-hydrogen) atoms. The van der Waals surface area contributed by atoms with E-state index in [1.54, 1.807) is 23.7 Å². The Balaban J connectivity index is 1.67. The number of nitrogens with one attached hydrogen (secondary N) is 4. The maximum atomic E-state index is 13.8. The zero-order valence-corrected chi connectivity index (χ0v) is 24.2. The second-order valence-corrected chi connectivity index (χ2v) is 11.5. The molecule has 0 radical (unpaired) electrons. The van der Waals surface area contributed by atoms with Gasteiger partial charge in [-0.15, -0.1) is 0 Å². The minimum absolute atomic E-state index is 0.0787. The largest absolute Gasteiger partial charge is 0.421 e. The van der Waals surface area contributed by atoms with Crippen LogP contribution in [-0.4, -0.2) is 55.3 Å². The van der Waals surface area contributed by atoms with Crippen LogP contribution in [0.5, 0.6) is 0 Å². The van der Waals surface area contributed by atoms with Crippen LogP contribution in [0.15, 0.2) is 54.7 Å². The number of carbonyl (C=O) groups is 2. The van der Waals surface area contributed by atoms with Crippen molar-refractivity contribution in [2.24, 2.45) is 0 Å². The summed E-state index contributed by atoms with van der Waals surface area (Å²) in [6.45, 7) is 0.434. The number of anilines is 5. The number of amides is 2. The lowest BCUT2D eigenvalue weighted by Crippen LogP contribution is -2.25. The number of alkyl halides is 3. The fourth-order valence-corrected chi connectivity index (χ4v) is 4.38. The molecule has 0 aliphatic rings. The molecule has 0 spiro atoms. The van der Waals surface area contributed by atoms with E-state index in [1.807, 2.05) is 0 Å². The number of rotatable bonds is 14. The SMILES string of the molecule is CN(c1ccccc1Nc1nc(Nc2ccc(C(=O)NCCCCCCC(=O)NO)cc2)ncc1C(F)(F)F)S(C)(=O)=O. The highest BCUT2D eigenvalue weighted by Crippen LogP contribution is 2.37. The van der Waals surface area contributed by atoms with E-state index in [9.17, 15) is 31.2 Å². The van der Waals surface area contributed by atoms with Crippen molar-refractivity contribution < 1.29 is 36.4 Å². The lowest BCUT2D eigenvalue weighted by molar-refractivity contribution is -0.137. The molecule has 0 unspecified atom stereocenters. The van der Waals surface area contributed by atoms with E-state index in [0.29, 0.717) is 36.8 Å². The predicted octanol–water partition coefficient (Wildman–Crippen LogP) is 4.56. The molecule has 0 atom stereocenters. The first kappa shape index (κ1) is 33.1. The molecule has 3 aromatic rings. The summed E-state index contributed by atoms with van der Waals surface area (Å²) in [7, 11) is -2.42. The molecular weight excluding hydrogens is 591 g/mol. The number of nitrogens with zero attached hydrogens (tertiary/aromatic N) is 3. The van der Waals surface area contributed by atoms with Gasteiger partial charge in [0.05, 0.1) is 17.6 Å². The van der Waals surface area contributed by atoms with E-state index >= 15 is 0 Å². The first-order valence-corrected chi connectivity index (χ1v) is 15.0. The average molecular weight is 624 g/mol. The molecule has 0 saturated heterocycles. The summed E-state index contributed by atoms with van der Waals surface area (Å²) in [5.41, 5.74) is 1.39. The molecule has 12 nitrogen and oxygen atoms in total. The van der Waals surface area contributed by atoms with Gasteiger partial charge >= 0.3 is 6.18 Å². The molecule has 1 heterocycles. The Hall–Kier alpha value is -4.44. The normalized spacial score (nSPS) is 11.5. The first-order chi connectivity index (χ1) is 20.3. The fraction of sp³-hybridized carbons (Fsp3) is 0.333. The summed E-state index contributed by atoms with van der Waals surface area (Å²) in [4.78, 5) is 31.2. The summed E-state index contributed by atoms with van der Waals surface area (Å²) in [6, 6.07) is 12.1. The Bertz CT molecular complexity index is 1520. The smallest absolute Gasteiger partial charge is 0.352 e. The number of benzene rings is 2. The van der Waals surface area contributed by atoms with Crippen LogP contribution < -0.4 is 25.7 Å². The minimum atomic E-state index is -4.80. The van der Waals surface area contributed by atoms with Gasteiger partial charge in [0, 0.05) is 37.5 Å². The lowest BCUT2D eigenvalue weighted by Gasteiger charge is -2.22. The van der Waals surface area contributed by atoms with Gasteiger partial charge < -0.3 is 16.0 Å². The minimum Gasteiger partial charge on any atom is -0.352 e. The van der Waals surface area contributed by atoms with E-state index in [0.717, 1.165) is 23.4 Å². The van der Waals surface area contributed by atoms with Crippen LogP contribution in [0.1, 0.15) is 48.0 Å². The van der Waals surface area contributed by atoms with Crippen molar-refractivity contribution in [3.8, 4) is 0 Å². The van der Waals surface area contributed by atoms with Crippen molar-refractivity contribution in [3.05, 3.63) is 65.9 Å². The maximum Gasteiger partial charge on any atom is 0.421 e. The standard InChI is InChI=1S/C27H32F3N7O5S/c1-37(43(2,41)42)22-10-7-6-9-21(22)34-24-20(27(28,29)30)17-32-26(35-24)33-19-14-12-18(13-15-19)25(39)31-16-8-4-3-5-11-23(38)36-40/h6-7,9-10,12-15,17,40H,3-5,8,11,16H2,1-2H3,(H,31,39)(H,36,38)(H2,32,33,34,35). The highest BCUT2D eigenvalue weighted by Gasteiger charge is 2.35. The van der Waals surface area contributed by atoms with Gasteiger partial charge in [0.25, 0.3) is 5.91 Å². The van der Waals surface area contributed by atoms with Crippen LogP contribution in [-0.2, 0) is 21.0 Å². The number of hydrogen-bond acceptors (Lipinski definition) is 9. The molecule has 232 valence electrons. The number of sulfonamides is 1. The summed E-state index contributed by atoms with van der Waals surface area (Å²) in [5.74, 6) is -1.50. The maximum absolute atomic E-state index is 13.8. The van der Waals surface area contributed by atoms with Gasteiger partial charge in [-0.05, 0) is 49.2 Å². The number of aromatic nitrogens is 2. The molecule has 2 amide bonds. The molecule has 2 aromatic carbocycles. The number of para-hydroxylation sites is 2. The van der Waals surface area contributed by atoms with Gasteiger partial charge in [-0.3, -0.25) is 19.1 Å². The van der Waals surface area contributed by atoms with E-state index in [-0.39, 0.29) is 29.7 Å². The Labute approximate surface area is 246 Å². The summed E-state index contributed by atoms with van der Waals surface area (Å²) >= 11 is 0. The van der Waals surface area contributed by atoms with E-state index in [2.05, 4.69) is 25.9 Å². The predicted molar refractivity (Wildman–Crippen MR) is 155 cm³/mol. The molecular formula is C27H32F3N7O5S. The van der Waals surface area contributed by atoms with Gasteiger partial charge in [-0.2, -0.15) is 18.2 Å². The lowest BCUT2D eigenvalue weighted by atomic mass is 10.1. The van der Waals surface area contributed by atoms with Gasteiger partial charge in [-0.25, -0.2) is 18.9 Å². The zero-order valence-electron chi connectivity index (χ0n) is 23.4. The third kappa shape index (κ3) is 9.82. The van der Waals surface area contributed by atoms with Crippen LogP contribution >= 0.6 is 0 Å². The number of hydrogen-bond donors (Lipinski definition) is 5. The third-order valence-electron chi connectivity index (χ3n) is 6.23. The van der Waals surface area contributed by atoms with Gasteiger partial charge in [-0.1, -0.05) is 25.0 Å². The number of hydroxylamine groups is 1. The Morgan fingerprint density at radius 3 is 2.30 bits per heavy atom. The van der Waals surface area contributed by atoms with Crippen molar-refractivity contribution in [3.63, 3.8) is 0 Å². The molecule has 0 saturated carbocycles. The molecule has 0 aliphatic carbocycles. The summed E-state index contributed by atoms with van der Waals surface area (Å²) < 4.78 is 66.4. The van der Waals surface area contributed by atoms with Gasteiger partial charge in [0.2, 0.25) is 21.9 Å². The van der Waals surface area contributed by atoms with Gasteiger partial charge in [0.1, 0.15) is 11.4 Å². The highest BCUT2D eigenvalue weighted by atomic mass is 32.2. The van der Waals surface area contributed by atoms with Crippen molar-refractivity contribution in [1.29, 1.82) is 0 Å². The topological polar surface area (TPSA) is 166 Å². The Morgan fingerprint density at radius 2 is 1.65 bits per heavy atom. The number of unbranched alkanes of at least 4 members (excludes halogenated alkanes) is 3. The van der Waals surface area contributed by atoms with Crippen LogP contribution in [0.3, 0.4) is 0 Å². The van der Waals surface area contributed by atoms with Crippen LogP contribution in [0.25, 0.3) is 0 Å². The third-order valence-corrected chi connectivity index (χ3v) is 7.42. The van der Waals surface area contributed by atoms with Crippen LogP contribution in [0.2, 0.25) is 0 Å². The number of halogens is 3. The quantitative estimate of drug-likeness (QED) is 0.0983. The van der Waals surface area contributed by atoms with E-state index in [4.69, 9.17) is 5.21 Å². The monoisotopic (exact) mass is 623 g/mol. The Morgan fingerprint density at radius 1 is 0.977 bits per heavy atom. The zero-order chi connectivity index (χ0) is 31.6. The molecule has 0 aliphatic heterocycles. The molecule has 16 heteroatoms. The summed E-state index contributed by atoms with van der Waals surface area (Å²) in [5, 5.41) is 16.7. The van der Waals surface area contributed by atoms with E-state index < -0.39 is 33.5 Å². The van der Waals surface area contributed by atoms with Crippen molar-refractivity contribution in [2.45, 2.75) is 38.3 Å². The molecule has 0 bridgehead atoms. The summed E-state index contributed by atoms with van der Waals surface area (Å²) in [6.07, 6.45) is -0.0719. The first-order valence-electron chi connectivity index (χ1n) is 13.1. The molecule has 3 rings (SSSR count). The molecule has 0 fully saturated rings. The van der Waals surface area contributed by atoms with Gasteiger partial charge in [0.15, 0.2) is 0 Å². The van der Waals surface area contributed by atoms with Crippen molar-refractivity contribution in [2.75, 3.05) is 34.8 Å². The molecule has 1 aromatic heterocycles.